The SMILES string of the molecule is CCNC(=NCc1cccc(C(N)=O)c1)NCc1ccc(C)cc1. The van der Waals surface area contributed by atoms with Gasteiger partial charge in [0.05, 0.1) is 6.54 Å². The fraction of sp³-hybridized carbons (Fsp3) is 0.263. The Morgan fingerprint density at radius 2 is 1.83 bits per heavy atom. The van der Waals surface area contributed by atoms with E-state index in [4.69, 9.17) is 5.73 Å². The first kappa shape index (κ1) is 17.5. The molecule has 0 bridgehead atoms. The summed E-state index contributed by atoms with van der Waals surface area (Å²) in [5.74, 6) is 0.313. The highest BCUT2D eigenvalue weighted by Gasteiger charge is 2.02. The molecule has 0 fully saturated rings. The molecule has 126 valence electrons. The maximum atomic E-state index is 11.2. The summed E-state index contributed by atoms with van der Waals surface area (Å²) in [6, 6.07) is 15.6. The number of primary amides is 1. The van der Waals surface area contributed by atoms with Crippen LogP contribution in [-0.2, 0) is 13.1 Å². The van der Waals surface area contributed by atoms with Crippen LogP contribution in [-0.4, -0.2) is 18.4 Å². The zero-order valence-electron chi connectivity index (χ0n) is 14.2. The summed E-state index contributed by atoms with van der Waals surface area (Å²) in [7, 11) is 0. The molecule has 5 nitrogen and oxygen atoms in total. The Bertz CT molecular complexity index is 708. The van der Waals surface area contributed by atoms with Crippen molar-refractivity contribution in [2.75, 3.05) is 6.54 Å². The second-order valence-corrected chi connectivity index (χ2v) is 5.60. The molecule has 0 saturated heterocycles. The number of aryl methyl sites for hydroxylation is 1. The average Bonchev–Trinajstić information content (AvgIpc) is 2.59. The average molecular weight is 324 g/mol. The van der Waals surface area contributed by atoms with Gasteiger partial charge in [0.25, 0.3) is 0 Å². The molecule has 4 N–H and O–H groups in total. The van der Waals surface area contributed by atoms with Crippen LogP contribution in [0.5, 0.6) is 0 Å². The number of nitrogens with two attached hydrogens (primary N) is 1. The number of aliphatic imine (C=N–C) groups is 1. The summed E-state index contributed by atoms with van der Waals surface area (Å²) in [5, 5.41) is 6.53. The molecule has 2 aromatic rings. The van der Waals surface area contributed by atoms with Gasteiger partial charge >= 0.3 is 0 Å². The first-order valence-corrected chi connectivity index (χ1v) is 8.05. The zero-order valence-corrected chi connectivity index (χ0v) is 14.2. The molecular formula is C19H24N4O. The molecule has 2 rings (SSSR count). The minimum Gasteiger partial charge on any atom is -0.366 e. The van der Waals surface area contributed by atoms with Gasteiger partial charge in [-0.05, 0) is 37.1 Å². The van der Waals surface area contributed by atoms with Crippen molar-refractivity contribution >= 4 is 11.9 Å². The third kappa shape index (κ3) is 5.43. The van der Waals surface area contributed by atoms with Gasteiger partial charge < -0.3 is 16.4 Å². The third-order valence-corrected chi connectivity index (χ3v) is 3.56. The van der Waals surface area contributed by atoms with Crippen molar-refractivity contribution in [3.63, 3.8) is 0 Å². The van der Waals surface area contributed by atoms with E-state index in [1.807, 2.05) is 19.1 Å². The van der Waals surface area contributed by atoms with Crippen molar-refractivity contribution in [3.05, 3.63) is 70.8 Å². The van der Waals surface area contributed by atoms with E-state index in [1.54, 1.807) is 12.1 Å². The maximum absolute atomic E-state index is 11.2. The number of carbonyl (C=O) groups excluding carboxylic acids is 1. The highest BCUT2D eigenvalue weighted by Crippen LogP contribution is 2.06. The van der Waals surface area contributed by atoms with Crippen molar-refractivity contribution in [2.45, 2.75) is 26.9 Å². The minimum absolute atomic E-state index is 0.426. The van der Waals surface area contributed by atoms with Crippen molar-refractivity contribution in [1.29, 1.82) is 0 Å². The Balaban J connectivity index is 2.00. The molecule has 0 unspecified atom stereocenters. The molecule has 0 aliphatic rings. The molecule has 2 aromatic carbocycles. The van der Waals surface area contributed by atoms with Gasteiger partial charge in [-0.3, -0.25) is 4.79 Å². The lowest BCUT2D eigenvalue weighted by Crippen LogP contribution is -2.36. The lowest BCUT2D eigenvalue weighted by atomic mass is 10.1. The second kappa shape index (κ2) is 8.72. The highest BCUT2D eigenvalue weighted by atomic mass is 16.1. The van der Waals surface area contributed by atoms with Gasteiger partial charge in [0.1, 0.15) is 0 Å². The van der Waals surface area contributed by atoms with Crippen LogP contribution in [0.25, 0.3) is 0 Å². The van der Waals surface area contributed by atoms with Gasteiger partial charge in [-0.25, -0.2) is 4.99 Å². The molecule has 0 aliphatic heterocycles. The lowest BCUT2D eigenvalue weighted by molar-refractivity contribution is 0.1000. The molecule has 0 radical (unpaired) electrons. The molecule has 0 saturated carbocycles. The standard InChI is InChI=1S/C19H24N4O/c1-3-21-19(22-12-15-9-7-14(2)8-10-15)23-13-16-5-4-6-17(11-16)18(20)24/h4-11H,3,12-13H2,1-2H3,(H2,20,24)(H2,21,22,23). The molecule has 0 heterocycles. The molecule has 1 amide bonds. The zero-order chi connectivity index (χ0) is 17.4. The van der Waals surface area contributed by atoms with Crippen molar-refractivity contribution in [1.82, 2.24) is 10.6 Å². The summed E-state index contributed by atoms with van der Waals surface area (Å²) in [5.41, 5.74) is 9.19. The lowest BCUT2D eigenvalue weighted by Gasteiger charge is -2.11. The van der Waals surface area contributed by atoms with Crippen LogP contribution in [0.15, 0.2) is 53.5 Å². The largest absolute Gasteiger partial charge is 0.366 e. The van der Waals surface area contributed by atoms with Crippen LogP contribution >= 0.6 is 0 Å². The Labute approximate surface area is 143 Å². The summed E-state index contributed by atoms with van der Waals surface area (Å²) in [4.78, 5) is 15.8. The fourth-order valence-electron chi connectivity index (χ4n) is 2.23. The van der Waals surface area contributed by atoms with Gasteiger partial charge in [0.2, 0.25) is 5.91 Å². The molecule has 0 aromatic heterocycles. The Hall–Kier alpha value is -2.82. The summed E-state index contributed by atoms with van der Waals surface area (Å²) < 4.78 is 0. The van der Waals surface area contributed by atoms with E-state index in [9.17, 15) is 4.79 Å². The van der Waals surface area contributed by atoms with E-state index in [2.05, 4.69) is 46.8 Å². The van der Waals surface area contributed by atoms with Crippen LogP contribution in [0.3, 0.4) is 0 Å². The summed E-state index contributed by atoms with van der Waals surface area (Å²) in [6.45, 7) is 6.05. The molecule has 0 aliphatic carbocycles. The number of hydrogen-bond donors (Lipinski definition) is 3. The summed E-state index contributed by atoms with van der Waals surface area (Å²) >= 11 is 0. The normalized spacial score (nSPS) is 11.2. The van der Waals surface area contributed by atoms with Crippen LogP contribution in [0, 0.1) is 6.92 Å². The van der Waals surface area contributed by atoms with Crippen molar-refractivity contribution in [3.8, 4) is 0 Å². The van der Waals surface area contributed by atoms with Gasteiger partial charge in [-0.1, -0.05) is 42.0 Å². The first-order chi connectivity index (χ1) is 11.6. The fourth-order valence-corrected chi connectivity index (χ4v) is 2.23. The van der Waals surface area contributed by atoms with Gasteiger partial charge in [-0.2, -0.15) is 0 Å². The quantitative estimate of drug-likeness (QED) is 0.564. The highest BCUT2D eigenvalue weighted by molar-refractivity contribution is 5.92. The van der Waals surface area contributed by atoms with Crippen LogP contribution in [0.2, 0.25) is 0 Å². The number of hydrogen-bond acceptors (Lipinski definition) is 2. The Kier molecular flexibility index (Phi) is 6.37. The van der Waals surface area contributed by atoms with Crippen molar-refractivity contribution < 1.29 is 4.79 Å². The van der Waals surface area contributed by atoms with Crippen molar-refractivity contribution in [2.24, 2.45) is 10.7 Å². The Morgan fingerprint density at radius 3 is 2.50 bits per heavy atom. The van der Waals surface area contributed by atoms with E-state index in [-0.39, 0.29) is 0 Å². The van der Waals surface area contributed by atoms with Crippen LogP contribution in [0.4, 0.5) is 0 Å². The topological polar surface area (TPSA) is 79.5 Å². The van der Waals surface area contributed by atoms with E-state index < -0.39 is 5.91 Å². The number of nitrogens with zero attached hydrogens (tertiary/aromatic N) is 1. The van der Waals surface area contributed by atoms with E-state index in [0.717, 1.165) is 18.1 Å². The number of carbonyl (C=O) groups is 1. The summed E-state index contributed by atoms with van der Waals surface area (Å²) in [6.07, 6.45) is 0. The van der Waals surface area contributed by atoms with Gasteiger partial charge in [-0.15, -0.1) is 0 Å². The van der Waals surface area contributed by atoms with Gasteiger partial charge in [0, 0.05) is 18.7 Å². The molecule has 5 heteroatoms. The number of amides is 1. The molecule has 0 spiro atoms. The number of nitrogens with one attached hydrogen (secondary N) is 2. The predicted octanol–water partition coefficient (Wildman–Crippen LogP) is 2.35. The second-order valence-electron chi connectivity index (χ2n) is 5.60. The number of benzene rings is 2. The smallest absolute Gasteiger partial charge is 0.248 e. The number of rotatable bonds is 6. The van der Waals surface area contributed by atoms with E-state index >= 15 is 0 Å². The molecule has 0 atom stereocenters. The minimum atomic E-state index is -0.426. The van der Waals surface area contributed by atoms with Crippen LogP contribution in [0.1, 0.15) is 34.0 Å². The third-order valence-electron chi connectivity index (χ3n) is 3.56. The van der Waals surface area contributed by atoms with E-state index in [0.29, 0.717) is 18.7 Å². The maximum Gasteiger partial charge on any atom is 0.248 e. The predicted molar refractivity (Wildman–Crippen MR) is 97.8 cm³/mol. The molecule has 24 heavy (non-hydrogen) atoms. The van der Waals surface area contributed by atoms with Crippen LogP contribution < -0.4 is 16.4 Å². The number of guanidine groups is 1. The van der Waals surface area contributed by atoms with Gasteiger partial charge in [0.15, 0.2) is 5.96 Å². The monoisotopic (exact) mass is 324 g/mol. The van der Waals surface area contributed by atoms with E-state index in [1.165, 1.54) is 11.1 Å². The first-order valence-electron chi connectivity index (χ1n) is 8.05. The Morgan fingerprint density at radius 1 is 1.08 bits per heavy atom. The molecular weight excluding hydrogens is 300 g/mol.